The van der Waals surface area contributed by atoms with E-state index < -0.39 is 0 Å². The van der Waals surface area contributed by atoms with E-state index in [2.05, 4.69) is 21.4 Å². The van der Waals surface area contributed by atoms with Crippen LogP contribution in [-0.4, -0.2) is 9.97 Å². The van der Waals surface area contributed by atoms with E-state index in [-0.39, 0.29) is 0 Å². The third-order valence-electron chi connectivity index (χ3n) is 3.27. The van der Waals surface area contributed by atoms with Gasteiger partial charge in [0.1, 0.15) is 11.8 Å². The minimum absolute atomic E-state index is 0.465. The highest BCUT2D eigenvalue weighted by atomic mass is 32.2. The number of hydrogen-bond acceptors (Lipinski definition) is 5. The van der Waals surface area contributed by atoms with Gasteiger partial charge in [0.2, 0.25) is 5.95 Å². The molecule has 1 fully saturated rings. The first-order valence-electron chi connectivity index (χ1n) is 6.52. The minimum Gasteiger partial charge on any atom is -0.324 e. The van der Waals surface area contributed by atoms with Gasteiger partial charge < -0.3 is 5.32 Å². The predicted octanol–water partition coefficient (Wildman–Crippen LogP) is 3.60. The molecule has 0 atom stereocenters. The quantitative estimate of drug-likeness (QED) is 0.917. The van der Waals surface area contributed by atoms with Gasteiger partial charge >= 0.3 is 0 Å². The lowest BCUT2D eigenvalue weighted by Crippen LogP contribution is -2.07. The molecule has 100 valence electrons. The second-order valence-electron chi connectivity index (χ2n) is 4.81. The number of rotatable bonds is 3. The van der Waals surface area contributed by atoms with E-state index in [0.29, 0.717) is 17.6 Å². The van der Waals surface area contributed by atoms with Crippen LogP contribution in [0.1, 0.15) is 35.7 Å². The van der Waals surface area contributed by atoms with Crippen LogP contribution in [0.2, 0.25) is 0 Å². The topological polar surface area (TPSA) is 61.6 Å². The Morgan fingerprint density at radius 3 is 2.95 bits per heavy atom. The van der Waals surface area contributed by atoms with E-state index >= 15 is 0 Å². The average molecular weight is 282 g/mol. The van der Waals surface area contributed by atoms with E-state index in [1.165, 1.54) is 0 Å². The summed E-state index contributed by atoms with van der Waals surface area (Å²) < 4.78 is 0. The van der Waals surface area contributed by atoms with Crippen molar-refractivity contribution in [2.24, 2.45) is 0 Å². The van der Waals surface area contributed by atoms with Crippen LogP contribution >= 0.6 is 11.8 Å². The molecule has 0 aromatic carbocycles. The maximum Gasteiger partial charge on any atom is 0.228 e. The molecule has 0 spiro atoms. The summed E-state index contributed by atoms with van der Waals surface area (Å²) in [7, 11) is 0. The second kappa shape index (κ2) is 5.51. The number of hydrogen-bond donors (Lipinski definition) is 1. The molecular formula is C15H14N4S. The van der Waals surface area contributed by atoms with Gasteiger partial charge in [-0.15, -0.1) is 11.8 Å². The second-order valence-corrected chi connectivity index (χ2v) is 5.62. The van der Waals surface area contributed by atoms with Crippen LogP contribution < -0.4 is 5.32 Å². The van der Waals surface area contributed by atoms with E-state index in [4.69, 9.17) is 0 Å². The number of nitrogens with zero attached hydrogens (tertiary/aromatic N) is 3. The van der Waals surface area contributed by atoms with Crippen molar-refractivity contribution < 1.29 is 0 Å². The maximum atomic E-state index is 9.21. The van der Waals surface area contributed by atoms with Crippen molar-refractivity contribution >= 4 is 17.7 Å². The Morgan fingerprint density at radius 2 is 2.20 bits per heavy atom. The highest BCUT2D eigenvalue weighted by molar-refractivity contribution is 8.04. The fraction of sp³-hybridized carbons (Fsp3) is 0.267. The average Bonchev–Trinajstić information content (AvgIpc) is 3.27. The van der Waals surface area contributed by atoms with Crippen molar-refractivity contribution in [1.82, 2.24) is 9.97 Å². The Balaban J connectivity index is 1.93. The molecule has 1 N–H and O–H groups in total. The molecule has 1 aromatic rings. The van der Waals surface area contributed by atoms with Crippen molar-refractivity contribution in [3.63, 3.8) is 0 Å². The van der Waals surface area contributed by atoms with Crippen LogP contribution in [0.3, 0.4) is 0 Å². The molecule has 2 aliphatic rings. The standard InChI is InChI=1S/C15H14N4S/c1-10-13(9-16)18-15(19-14(10)11-4-5-11)17-12-3-2-7-20-8-6-12/h2-3,6-8,11H,4-5H2,1H3,(H,17,18,19). The Morgan fingerprint density at radius 1 is 1.35 bits per heavy atom. The zero-order valence-electron chi connectivity index (χ0n) is 11.1. The Bertz CT molecular complexity index is 663. The van der Waals surface area contributed by atoms with Crippen LogP contribution in [-0.2, 0) is 0 Å². The molecule has 1 aromatic heterocycles. The molecule has 1 aliphatic carbocycles. The largest absolute Gasteiger partial charge is 0.324 e. The van der Waals surface area contributed by atoms with Crippen LogP contribution in [0.15, 0.2) is 34.7 Å². The number of thioether (sulfide) groups is 1. The lowest BCUT2D eigenvalue weighted by Gasteiger charge is -2.10. The molecule has 0 amide bonds. The van der Waals surface area contributed by atoms with Crippen molar-refractivity contribution in [1.29, 1.82) is 5.26 Å². The molecule has 1 saturated carbocycles. The first-order chi connectivity index (χ1) is 9.78. The number of allylic oxidation sites excluding steroid dienone is 3. The molecule has 4 nitrogen and oxygen atoms in total. The van der Waals surface area contributed by atoms with Gasteiger partial charge in [0, 0.05) is 17.2 Å². The summed E-state index contributed by atoms with van der Waals surface area (Å²) in [5, 5.41) is 16.4. The number of aromatic nitrogens is 2. The molecule has 3 rings (SSSR count). The summed E-state index contributed by atoms with van der Waals surface area (Å²) in [6.45, 7) is 1.93. The smallest absolute Gasteiger partial charge is 0.228 e. The molecular weight excluding hydrogens is 268 g/mol. The predicted molar refractivity (Wildman–Crippen MR) is 81.0 cm³/mol. The van der Waals surface area contributed by atoms with Crippen LogP contribution in [0.5, 0.6) is 0 Å². The number of anilines is 1. The summed E-state index contributed by atoms with van der Waals surface area (Å²) >= 11 is 1.61. The van der Waals surface area contributed by atoms with Gasteiger partial charge in [-0.25, -0.2) is 9.97 Å². The SMILES string of the molecule is Cc1c(C#N)nc(NC2=CC=CSC=C2)nc1C1CC1. The Labute approximate surface area is 122 Å². The lowest BCUT2D eigenvalue weighted by molar-refractivity contribution is 0.952. The van der Waals surface area contributed by atoms with Gasteiger partial charge in [-0.3, -0.25) is 0 Å². The lowest BCUT2D eigenvalue weighted by atomic mass is 10.1. The number of nitriles is 1. The third kappa shape index (κ3) is 2.75. The summed E-state index contributed by atoms with van der Waals surface area (Å²) in [5.74, 6) is 1.00. The van der Waals surface area contributed by atoms with E-state index in [1.54, 1.807) is 11.8 Å². The van der Waals surface area contributed by atoms with E-state index in [0.717, 1.165) is 29.8 Å². The monoisotopic (exact) mass is 282 g/mol. The van der Waals surface area contributed by atoms with Crippen LogP contribution in [0.25, 0.3) is 0 Å². The van der Waals surface area contributed by atoms with E-state index in [1.807, 2.05) is 36.0 Å². The fourth-order valence-corrected chi connectivity index (χ4v) is 2.55. The van der Waals surface area contributed by atoms with Crippen molar-refractivity contribution in [3.8, 4) is 6.07 Å². The number of nitrogens with one attached hydrogen (secondary N) is 1. The molecule has 5 heteroatoms. The molecule has 0 unspecified atom stereocenters. The Kier molecular flexibility index (Phi) is 3.57. The Hall–Kier alpha value is -2.06. The van der Waals surface area contributed by atoms with Crippen molar-refractivity contribution in [2.75, 3.05) is 5.32 Å². The van der Waals surface area contributed by atoms with Crippen molar-refractivity contribution in [3.05, 3.63) is 51.7 Å². The summed E-state index contributed by atoms with van der Waals surface area (Å²) in [5.41, 5.74) is 3.32. The van der Waals surface area contributed by atoms with Crippen LogP contribution in [0.4, 0.5) is 5.95 Å². The van der Waals surface area contributed by atoms with E-state index in [9.17, 15) is 5.26 Å². The molecule has 0 bridgehead atoms. The molecule has 2 heterocycles. The van der Waals surface area contributed by atoms with Gasteiger partial charge in [-0.1, -0.05) is 6.08 Å². The van der Waals surface area contributed by atoms with Gasteiger partial charge in [-0.2, -0.15) is 5.26 Å². The maximum absolute atomic E-state index is 9.21. The molecule has 20 heavy (non-hydrogen) atoms. The summed E-state index contributed by atoms with van der Waals surface area (Å²) in [6.07, 6.45) is 8.21. The van der Waals surface area contributed by atoms with Crippen molar-refractivity contribution in [2.45, 2.75) is 25.7 Å². The highest BCUT2D eigenvalue weighted by Crippen LogP contribution is 2.41. The van der Waals surface area contributed by atoms with Gasteiger partial charge in [0.05, 0.1) is 5.69 Å². The molecule has 0 saturated heterocycles. The van der Waals surface area contributed by atoms with Gasteiger partial charge in [-0.05, 0) is 42.7 Å². The molecule has 1 aliphatic heterocycles. The van der Waals surface area contributed by atoms with Crippen LogP contribution in [0, 0.1) is 18.3 Å². The zero-order chi connectivity index (χ0) is 13.9. The normalized spacial score (nSPS) is 17.3. The third-order valence-corrected chi connectivity index (χ3v) is 3.88. The first-order valence-corrected chi connectivity index (χ1v) is 7.46. The van der Waals surface area contributed by atoms with Gasteiger partial charge in [0.25, 0.3) is 0 Å². The fourth-order valence-electron chi connectivity index (χ4n) is 2.07. The summed E-state index contributed by atoms with van der Waals surface area (Å²) in [6, 6.07) is 2.16. The van der Waals surface area contributed by atoms with Gasteiger partial charge in [0.15, 0.2) is 0 Å². The zero-order valence-corrected chi connectivity index (χ0v) is 11.9. The highest BCUT2D eigenvalue weighted by Gasteiger charge is 2.28. The summed E-state index contributed by atoms with van der Waals surface area (Å²) in [4.78, 5) is 8.89. The first kappa shape index (κ1) is 12.9. The molecule has 0 radical (unpaired) electrons. The minimum atomic E-state index is 0.465.